The van der Waals surface area contributed by atoms with Gasteiger partial charge in [-0.15, -0.1) is 0 Å². The van der Waals surface area contributed by atoms with Gasteiger partial charge in [-0.2, -0.15) is 0 Å². The van der Waals surface area contributed by atoms with Crippen molar-refractivity contribution in [2.24, 2.45) is 11.8 Å². The number of ether oxygens (including phenoxy) is 4. The second-order valence-electron chi connectivity index (χ2n) is 14.8. The fourth-order valence-electron chi connectivity index (χ4n) is 8.24. The Hall–Kier alpha value is -3.69. The summed E-state index contributed by atoms with van der Waals surface area (Å²) in [6.07, 6.45) is 11.7. The van der Waals surface area contributed by atoms with E-state index in [-0.39, 0.29) is 83.8 Å². The lowest BCUT2D eigenvalue weighted by Gasteiger charge is -2.20. The predicted octanol–water partition coefficient (Wildman–Crippen LogP) is 6.52. The van der Waals surface area contributed by atoms with Crippen LogP contribution in [-0.2, 0) is 28.5 Å². The maximum atomic E-state index is 13.3. The lowest BCUT2D eigenvalue weighted by molar-refractivity contribution is -0.140. The van der Waals surface area contributed by atoms with Gasteiger partial charge in [-0.3, -0.25) is 9.59 Å². The Kier molecular flexibility index (Phi) is 8.65. The van der Waals surface area contributed by atoms with E-state index in [9.17, 15) is 19.2 Å². The average molecular weight is 656 g/mol. The summed E-state index contributed by atoms with van der Waals surface area (Å²) in [7, 11) is 0. The fourth-order valence-corrected chi connectivity index (χ4v) is 8.24. The van der Waals surface area contributed by atoms with Crippen molar-refractivity contribution in [1.82, 2.24) is 4.98 Å². The van der Waals surface area contributed by atoms with Gasteiger partial charge in [0.1, 0.15) is 35.8 Å². The number of nitrogens with zero attached hydrogens (tertiary/aromatic N) is 1. The smallest absolute Gasteiger partial charge is 0.334 e. The highest BCUT2D eigenvalue weighted by Gasteiger charge is 2.62. The summed E-state index contributed by atoms with van der Waals surface area (Å²) in [5.41, 5.74) is 3.35. The number of fused-ring (bicyclic) bond motifs is 6. The molecule has 1 aromatic heterocycles. The van der Waals surface area contributed by atoms with E-state index in [0.29, 0.717) is 35.4 Å². The molecule has 9 nitrogen and oxygen atoms in total. The highest BCUT2D eigenvalue weighted by atomic mass is 16.7. The summed E-state index contributed by atoms with van der Waals surface area (Å²) < 4.78 is 23.3. The Bertz CT molecular complexity index is 1520. The van der Waals surface area contributed by atoms with Crippen LogP contribution >= 0.6 is 0 Å². The molecule has 0 spiro atoms. The van der Waals surface area contributed by atoms with Crippen LogP contribution in [0.3, 0.4) is 0 Å². The highest BCUT2D eigenvalue weighted by molar-refractivity contribution is 5.98. The van der Waals surface area contributed by atoms with Gasteiger partial charge < -0.3 is 18.9 Å². The number of allylic oxidation sites excluding steroid dienone is 4. The van der Waals surface area contributed by atoms with E-state index in [1.165, 1.54) is 11.1 Å². The molecule has 0 amide bonds. The second kappa shape index (κ2) is 12.6. The van der Waals surface area contributed by atoms with Crippen LogP contribution in [0.25, 0.3) is 0 Å². The standard InChI is InChI=1S/C39H45NO8/c1-22-26-16-12-24(8-6-20-38(3)34(47-38)32(26)45-36(22)43)14-18-30(41)28-10-5-11-29(40-28)31(42)19-15-25-9-7-21-39(4)35(48-39)33-27(17-13-25)23(2)37(44)46-33/h5,8-11,26-27,32-35H,1-2,6-7,12-21H2,3-4H3/b24-8+,25-9+/t26-,27+,32-,33?,34-,35?,38+,39-/m0/s1. The molecular weight excluding hydrogens is 610 g/mol. The number of hydrogen-bond donors (Lipinski definition) is 0. The van der Waals surface area contributed by atoms with Crippen LogP contribution in [0.2, 0.25) is 0 Å². The molecule has 4 fully saturated rings. The van der Waals surface area contributed by atoms with E-state index in [4.69, 9.17) is 18.9 Å². The Morgan fingerprint density at radius 1 is 0.771 bits per heavy atom. The van der Waals surface area contributed by atoms with Crippen molar-refractivity contribution in [2.45, 2.75) is 127 Å². The molecule has 7 rings (SSSR count). The number of aromatic nitrogens is 1. The van der Waals surface area contributed by atoms with Crippen molar-refractivity contribution in [3.05, 3.63) is 77.2 Å². The van der Waals surface area contributed by atoms with E-state index in [1.54, 1.807) is 18.2 Å². The molecule has 6 aliphatic rings. The van der Waals surface area contributed by atoms with Crippen molar-refractivity contribution in [2.75, 3.05) is 0 Å². The van der Waals surface area contributed by atoms with Gasteiger partial charge in [0, 0.05) is 35.8 Å². The van der Waals surface area contributed by atoms with Crippen LogP contribution in [0.5, 0.6) is 0 Å². The van der Waals surface area contributed by atoms with Crippen molar-refractivity contribution in [3.8, 4) is 0 Å². The minimum absolute atomic E-state index is 0.0850. The molecule has 254 valence electrons. The fraction of sp³-hybridized carbons (Fsp3) is 0.564. The third-order valence-electron chi connectivity index (χ3n) is 11.5. The summed E-state index contributed by atoms with van der Waals surface area (Å²) in [6, 6.07) is 5.08. The van der Waals surface area contributed by atoms with Crippen LogP contribution < -0.4 is 0 Å². The van der Waals surface area contributed by atoms with Gasteiger partial charge in [0.15, 0.2) is 11.6 Å². The van der Waals surface area contributed by atoms with E-state index >= 15 is 0 Å². The van der Waals surface area contributed by atoms with Crippen molar-refractivity contribution in [3.63, 3.8) is 0 Å². The zero-order valence-electron chi connectivity index (χ0n) is 28.0. The van der Waals surface area contributed by atoms with Crippen LogP contribution in [0.15, 0.2) is 65.8 Å². The van der Waals surface area contributed by atoms with E-state index in [1.807, 2.05) is 0 Å². The number of Topliss-reactive ketones (excluding diaryl/α,β-unsaturated/α-hetero) is 2. The van der Waals surface area contributed by atoms with Crippen molar-refractivity contribution >= 4 is 23.5 Å². The topological polar surface area (TPSA) is 125 Å². The summed E-state index contributed by atoms with van der Waals surface area (Å²) in [4.78, 5) is 55.7. The first-order valence-electron chi connectivity index (χ1n) is 17.5. The van der Waals surface area contributed by atoms with Gasteiger partial charge in [-0.1, -0.05) is 42.5 Å². The van der Waals surface area contributed by atoms with Crippen LogP contribution in [0.1, 0.15) is 112 Å². The summed E-state index contributed by atoms with van der Waals surface area (Å²) in [5.74, 6) is -1.05. The van der Waals surface area contributed by atoms with Crippen molar-refractivity contribution < 1.29 is 38.1 Å². The quantitative estimate of drug-likeness (QED) is 0.101. The molecule has 0 aromatic carbocycles. The number of esters is 2. The Balaban J connectivity index is 0.946. The largest absolute Gasteiger partial charge is 0.455 e. The first-order valence-corrected chi connectivity index (χ1v) is 17.5. The van der Waals surface area contributed by atoms with Crippen LogP contribution in [-0.4, -0.2) is 64.1 Å². The third-order valence-corrected chi connectivity index (χ3v) is 11.5. The predicted molar refractivity (Wildman–Crippen MR) is 176 cm³/mol. The second-order valence-corrected chi connectivity index (χ2v) is 14.8. The third kappa shape index (κ3) is 6.39. The SMILES string of the molecule is C=C1C(=O)OC2C3O[C@@]3(C)CC/C=C(/CCC(=O)c3cccc(C(=O)CC/C4=C/CC[C@@]5(C)O[C@H]5[C@H]5OC(=O)C(=C)[C@@H]5CC4)n3)CC[C@H]12. The highest BCUT2D eigenvalue weighted by Crippen LogP contribution is 2.51. The summed E-state index contributed by atoms with van der Waals surface area (Å²) in [5, 5.41) is 0. The first-order chi connectivity index (χ1) is 23.0. The molecule has 0 radical (unpaired) electrons. The molecule has 8 atom stereocenters. The molecule has 0 bridgehead atoms. The van der Waals surface area contributed by atoms with Crippen molar-refractivity contribution in [1.29, 1.82) is 0 Å². The van der Waals surface area contributed by atoms with E-state index in [2.05, 4.69) is 44.1 Å². The lowest BCUT2D eigenvalue weighted by Crippen LogP contribution is -2.28. The molecule has 5 heterocycles. The van der Waals surface area contributed by atoms with Gasteiger partial charge in [0.25, 0.3) is 0 Å². The monoisotopic (exact) mass is 655 g/mol. The molecule has 2 unspecified atom stereocenters. The molecule has 9 heteroatoms. The number of ketones is 2. The Morgan fingerprint density at radius 2 is 1.21 bits per heavy atom. The van der Waals surface area contributed by atoms with Crippen LogP contribution in [0, 0.1) is 11.8 Å². The number of pyridine rings is 1. The zero-order chi connectivity index (χ0) is 33.8. The molecule has 0 N–H and O–H groups in total. The minimum atomic E-state index is -0.336. The van der Waals surface area contributed by atoms with Crippen LogP contribution in [0.4, 0.5) is 0 Å². The number of carbonyl (C=O) groups excluding carboxylic acids is 4. The molecule has 0 saturated carbocycles. The molecule has 4 saturated heterocycles. The van der Waals surface area contributed by atoms with E-state index < -0.39 is 0 Å². The average Bonchev–Trinajstić information content (AvgIpc) is 3.88. The first kappa shape index (κ1) is 32.8. The molecule has 1 aromatic rings. The Morgan fingerprint density at radius 3 is 1.65 bits per heavy atom. The maximum Gasteiger partial charge on any atom is 0.334 e. The van der Waals surface area contributed by atoms with Gasteiger partial charge in [-0.05, 0) is 90.2 Å². The van der Waals surface area contributed by atoms with Gasteiger partial charge in [0.2, 0.25) is 0 Å². The lowest BCUT2D eigenvalue weighted by atomic mass is 9.83. The van der Waals surface area contributed by atoms with Gasteiger partial charge in [0.05, 0.1) is 11.2 Å². The zero-order valence-corrected chi connectivity index (χ0v) is 28.0. The Labute approximate surface area is 281 Å². The maximum absolute atomic E-state index is 13.3. The number of rotatable bonds is 8. The summed E-state index contributed by atoms with van der Waals surface area (Å²) in [6.45, 7) is 12.1. The summed E-state index contributed by atoms with van der Waals surface area (Å²) >= 11 is 0. The molecule has 48 heavy (non-hydrogen) atoms. The molecule has 4 aliphatic heterocycles. The van der Waals surface area contributed by atoms with Gasteiger partial charge in [-0.25, -0.2) is 14.6 Å². The number of carbonyl (C=O) groups is 4. The van der Waals surface area contributed by atoms with Gasteiger partial charge >= 0.3 is 11.9 Å². The normalized spacial score (nSPS) is 38.0. The minimum Gasteiger partial charge on any atom is -0.455 e. The molecular formula is C39H45NO8. The molecule has 2 aliphatic carbocycles. The number of hydrogen-bond acceptors (Lipinski definition) is 9. The number of epoxide rings is 2. The van der Waals surface area contributed by atoms with E-state index in [0.717, 1.165) is 51.4 Å².